The number of ether oxygens (including phenoxy) is 1. The maximum Gasteiger partial charge on any atom is 0.271 e. The van der Waals surface area contributed by atoms with Crippen LogP contribution in [0.2, 0.25) is 5.02 Å². The molecular formula is C9H11ClN2O2. The third-order valence-electron chi connectivity index (χ3n) is 1.67. The van der Waals surface area contributed by atoms with Crippen LogP contribution in [-0.4, -0.2) is 12.5 Å². The summed E-state index contributed by atoms with van der Waals surface area (Å²) in [6.07, 6.45) is 0. The summed E-state index contributed by atoms with van der Waals surface area (Å²) in [5.41, 5.74) is 2.92. The second kappa shape index (κ2) is 4.83. The summed E-state index contributed by atoms with van der Waals surface area (Å²) in [4.78, 5) is 10.7. The molecule has 1 aromatic carbocycles. The highest BCUT2D eigenvalue weighted by Crippen LogP contribution is 2.21. The van der Waals surface area contributed by atoms with Crippen molar-refractivity contribution in [3.05, 3.63) is 28.8 Å². The van der Waals surface area contributed by atoms with E-state index in [4.69, 9.17) is 22.2 Å². The van der Waals surface area contributed by atoms with Gasteiger partial charge in [0.15, 0.2) is 6.61 Å². The SMILES string of the molecule is Cc1ccc(OCC(=O)NN)cc1Cl. The quantitative estimate of drug-likeness (QED) is 0.449. The fourth-order valence-electron chi connectivity index (χ4n) is 0.854. The molecule has 0 bridgehead atoms. The molecule has 1 aromatic rings. The molecule has 3 N–H and O–H groups in total. The zero-order valence-corrected chi connectivity index (χ0v) is 8.47. The van der Waals surface area contributed by atoms with Crippen molar-refractivity contribution in [3.63, 3.8) is 0 Å². The highest BCUT2D eigenvalue weighted by atomic mass is 35.5. The van der Waals surface area contributed by atoms with Gasteiger partial charge in [-0.25, -0.2) is 5.84 Å². The van der Waals surface area contributed by atoms with Gasteiger partial charge in [0.2, 0.25) is 0 Å². The number of hydrogen-bond donors (Lipinski definition) is 2. The lowest BCUT2D eigenvalue weighted by Crippen LogP contribution is -2.34. The Bertz CT molecular complexity index is 342. The van der Waals surface area contributed by atoms with E-state index in [0.29, 0.717) is 10.8 Å². The minimum atomic E-state index is -0.387. The number of nitrogens with one attached hydrogen (secondary N) is 1. The predicted octanol–water partition coefficient (Wildman–Crippen LogP) is 1.02. The summed E-state index contributed by atoms with van der Waals surface area (Å²) in [6, 6.07) is 5.21. The van der Waals surface area contributed by atoms with Crippen LogP contribution in [0.5, 0.6) is 5.75 Å². The first-order valence-corrected chi connectivity index (χ1v) is 4.39. The first-order chi connectivity index (χ1) is 6.63. The van der Waals surface area contributed by atoms with Crippen LogP contribution in [0.1, 0.15) is 5.56 Å². The molecule has 0 atom stereocenters. The van der Waals surface area contributed by atoms with Crippen LogP contribution < -0.4 is 16.0 Å². The van der Waals surface area contributed by atoms with E-state index >= 15 is 0 Å². The maximum absolute atomic E-state index is 10.7. The Morgan fingerprint density at radius 3 is 2.93 bits per heavy atom. The summed E-state index contributed by atoms with van der Waals surface area (Å²) in [7, 11) is 0. The molecule has 0 aliphatic rings. The van der Waals surface area contributed by atoms with Gasteiger partial charge in [0.25, 0.3) is 5.91 Å². The minimum absolute atomic E-state index is 0.115. The van der Waals surface area contributed by atoms with Crippen molar-refractivity contribution in [1.29, 1.82) is 0 Å². The van der Waals surface area contributed by atoms with Crippen molar-refractivity contribution in [3.8, 4) is 5.75 Å². The Labute approximate surface area is 87.0 Å². The van der Waals surface area contributed by atoms with E-state index in [0.717, 1.165) is 5.56 Å². The van der Waals surface area contributed by atoms with Gasteiger partial charge >= 0.3 is 0 Å². The molecule has 0 aromatic heterocycles. The van der Waals surface area contributed by atoms with E-state index in [1.807, 2.05) is 18.4 Å². The van der Waals surface area contributed by atoms with Gasteiger partial charge in [-0.1, -0.05) is 17.7 Å². The van der Waals surface area contributed by atoms with Crippen molar-refractivity contribution in [2.24, 2.45) is 5.84 Å². The molecule has 0 fully saturated rings. The number of rotatable bonds is 3. The largest absolute Gasteiger partial charge is 0.484 e. The molecule has 0 aliphatic carbocycles. The first-order valence-electron chi connectivity index (χ1n) is 4.02. The summed E-state index contributed by atoms with van der Waals surface area (Å²) in [5.74, 6) is 5.04. The molecule has 4 nitrogen and oxygen atoms in total. The van der Waals surface area contributed by atoms with Crippen molar-refractivity contribution >= 4 is 17.5 Å². The fraction of sp³-hybridized carbons (Fsp3) is 0.222. The molecule has 0 heterocycles. The number of benzene rings is 1. The Balaban J connectivity index is 2.60. The second-order valence-electron chi connectivity index (χ2n) is 2.77. The number of aryl methyl sites for hydroxylation is 1. The van der Waals surface area contributed by atoms with Crippen molar-refractivity contribution in [2.45, 2.75) is 6.92 Å². The van der Waals surface area contributed by atoms with E-state index in [9.17, 15) is 4.79 Å². The number of amides is 1. The van der Waals surface area contributed by atoms with Crippen LogP contribution in [0.3, 0.4) is 0 Å². The van der Waals surface area contributed by atoms with Crippen LogP contribution in [0.25, 0.3) is 0 Å². The number of nitrogens with two attached hydrogens (primary N) is 1. The van der Waals surface area contributed by atoms with Gasteiger partial charge in [0.05, 0.1) is 0 Å². The van der Waals surface area contributed by atoms with Gasteiger partial charge in [-0.15, -0.1) is 0 Å². The summed E-state index contributed by atoms with van der Waals surface area (Å²) >= 11 is 5.86. The van der Waals surface area contributed by atoms with Crippen LogP contribution >= 0.6 is 11.6 Å². The third-order valence-corrected chi connectivity index (χ3v) is 2.08. The van der Waals surface area contributed by atoms with E-state index in [1.165, 1.54) is 0 Å². The summed E-state index contributed by atoms with van der Waals surface area (Å²) in [5, 5.41) is 0.607. The Kier molecular flexibility index (Phi) is 3.73. The Morgan fingerprint density at radius 1 is 1.64 bits per heavy atom. The fourth-order valence-corrected chi connectivity index (χ4v) is 1.02. The zero-order chi connectivity index (χ0) is 10.6. The molecule has 0 radical (unpaired) electrons. The normalized spacial score (nSPS) is 9.64. The monoisotopic (exact) mass is 214 g/mol. The summed E-state index contributed by atoms with van der Waals surface area (Å²) < 4.78 is 5.12. The van der Waals surface area contributed by atoms with Crippen molar-refractivity contribution in [2.75, 3.05) is 6.61 Å². The molecule has 14 heavy (non-hydrogen) atoms. The van der Waals surface area contributed by atoms with Crippen LogP contribution in [0.4, 0.5) is 0 Å². The van der Waals surface area contributed by atoms with Gasteiger partial charge < -0.3 is 4.74 Å². The smallest absolute Gasteiger partial charge is 0.271 e. The predicted molar refractivity (Wildman–Crippen MR) is 54.0 cm³/mol. The van der Waals surface area contributed by atoms with Gasteiger partial charge in [-0.3, -0.25) is 10.2 Å². The second-order valence-corrected chi connectivity index (χ2v) is 3.17. The van der Waals surface area contributed by atoms with Crippen LogP contribution in [0.15, 0.2) is 18.2 Å². The lowest BCUT2D eigenvalue weighted by molar-refractivity contribution is -0.123. The topological polar surface area (TPSA) is 64.3 Å². The molecule has 0 unspecified atom stereocenters. The number of halogens is 1. The number of carbonyl (C=O) groups is 1. The van der Waals surface area contributed by atoms with Crippen molar-refractivity contribution < 1.29 is 9.53 Å². The molecule has 1 rings (SSSR count). The van der Waals surface area contributed by atoms with Crippen LogP contribution in [-0.2, 0) is 4.79 Å². The van der Waals surface area contributed by atoms with E-state index < -0.39 is 0 Å². The Morgan fingerprint density at radius 2 is 2.36 bits per heavy atom. The molecule has 5 heteroatoms. The molecule has 0 saturated heterocycles. The number of hydrazine groups is 1. The molecule has 0 aliphatic heterocycles. The minimum Gasteiger partial charge on any atom is -0.484 e. The van der Waals surface area contributed by atoms with Crippen LogP contribution in [0, 0.1) is 6.92 Å². The van der Waals surface area contributed by atoms with E-state index in [1.54, 1.807) is 12.1 Å². The molecular weight excluding hydrogens is 204 g/mol. The Hall–Kier alpha value is -1.26. The van der Waals surface area contributed by atoms with E-state index in [-0.39, 0.29) is 12.5 Å². The maximum atomic E-state index is 10.7. The molecule has 0 spiro atoms. The molecule has 76 valence electrons. The standard InChI is InChI=1S/C9H11ClN2O2/c1-6-2-3-7(4-8(6)10)14-5-9(13)12-11/h2-4H,5,11H2,1H3,(H,12,13). The van der Waals surface area contributed by atoms with E-state index in [2.05, 4.69) is 0 Å². The third kappa shape index (κ3) is 2.90. The van der Waals surface area contributed by atoms with Gasteiger partial charge in [-0.05, 0) is 24.6 Å². The average molecular weight is 215 g/mol. The first kappa shape index (κ1) is 10.8. The lowest BCUT2D eigenvalue weighted by Gasteiger charge is -2.06. The lowest BCUT2D eigenvalue weighted by atomic mass is 10.2. The summed E-state index contributed by atoms with van der Waals surface area (Å²) in [6.45, 7) is 1.77. The van der Waals surface area contributed by atoms with Gasteiger partial charge in [0, 0.05) is 5.02 Å². The van der Waals surface area contributed by atoms with Crippen molar-refractivity contribution in [1.82, 2.24) is 5.43 Å². The molecule has 1 amide bonds. The number of hydrogen-bond acceptors (Lipinski definition) is 3. The number of carbonyl (C=O) groups excluding carboxylic acids is 1. The zero-order valence-electron chi connectivity index (χ0n) is 7.71. The molecule has 0 saturated carbocycles. The van der Waals surface area contributed by atoms with Gasteiger partial charge in [-0.2, -0.15) is 0 Å². The highest BCUT2D eigenvalue weighted by Gasteiger charge is 2.01. The van der Waals surface area contributed by atoms with Gasteiger partial charge in [0.1, 0.15) is 5.75 Å². The average Bonchev–Trinajstić information content (AvgIpc) is 2.19. The highest BCUT2D eigenvalue weighted by molar-refractivity contribution is 6.31.